The molecule has 3 nitrogen and oxygen atoms in total. The van der Waals surface area contributed by atoms with Crippen LogP contribution in [0.15, 0.2) is 24.3 Å². The van der Waals surface area contributed by atoms with E-state index in [0.29, 0.717) is 6.04 Å². The molecule has 0 aromatic heterocycles. The van der Waals surface area contributed by atoms with E-state index in [4.69, 9.17) is 10.5 Å². The highest BCUT2D eigenvalue weighted by atomic mass is 16.5. The van der Waals surface area contributed by atoms with Gasteiger partial charge < -0.3 is 15.8 Å². The molecule has 0 saturated carbocycles. The molecule has 0 radical (unpaired) electrons. The van der Waals surface area contributed by atoms with E-state index in [1.807, 2.05) is 0 Å². The fraction of sp³-hybridized carbons (Fsp3) is 0.600. The first-order valence-corrected chi connectivity index (χ1v) is 6.85. The van der Waals surface area contributed by atoms with Gasteiger partial charge in [-0.2, -0.15) is 0 Å². The number of aryl methyl sites for hydroxylation is 1. The lowest BCUT2D eigenvalue weighted by Gasteiger charge is -2.21. The molecule has 0 bridgehead atoms. The van der Waals surface area contributed by atoms with Gasteiger partial charge in [0.25, 0.3) is 0 Å². The smallest absolute Gasteiger partial charge is 0.0664 e. The van der Waals surface area contributed by atoms with Crippen molar-refractivity contribution < 1.29 is 4.74 Å². The minimum absolute atomic E-state index is 0.344. The van der Waals surface area contributed by atoms with Crippen LogP contribution < -0.4 is 11.1 Å². The van der Waals surface area contributed by atoms with Crippen molar-refractivity contribution in [2.75, 3.05) is 25.6 Å². The van der Waals surface area contributed by atoms with Crippen molar-refractivity contribution in [3.63, 3.8) is 0 Å². The Hall–Kier alpha value is -1.06. The summed E-state index contributed by atoms with van der Waals surface area (Å²) in [6.07, 6.45) is 4.35. The molecule has 1 aromatic rings. The molecule has 0 saturated heterocycles. The zero-order valence-electron chi connectivity index (χ0n) is 11.6. The lowest BCUT2D eigenvalue weighted by atomic mass is 10.1. The van der Waals surface area contributed by atoms with Crippen molar-refractivity contribution in [1.82, 2.24) is 0 Å². The third-order valence-electron chi connectivity index (χ3n) is 3.02. The number of rotatable bonds is 9. The maximum Gasteiger partial charge on any atom is 0.0664 e. The lowest BCUT2D eigenvalue weighted by molar-refractivity contribution is 0.182. The van der Waals surface area contributed by atoms with Gasteiger partial charge in [0, 0.05) is 18.8 Å². The molecule has 0 aliphatic rings. The van der Waals surface area contributed by atoms with Crippen molar-refractivity contribution in [1.29, 1.82) is 0 Å². The predicted octanol–water partition coefficient (Wildman–Crippen LogP) is 2.80. The lowest BCUT2D eigenvalue weighted by Crippen LogP contribution is -2.26. The van der Waals surface area contributed by atoms with Crippen LogP contribution in [0.1, 0.15) is 31.7 Å². The van der Waals surface area contributed by atoms with Gasteiger partial charge in [0.05, 0.1) is 6.61 Å². The molecule has 3 heteroatoms. The molecule has 3 N–H and O–H groups in total. The third-order valence-corrected chi connectivity index (χ3v) is 3.02. The number of ether oxygens (including phenoxy) is 1. The van der Waals surface area contributed by atoms with Crippen molar-refractivity contribution in [2.24, 2.45) is 5.73 Å². The van der Waals surface area contributed by atoms with E-state index < -0.39 is 0 Å². The Morgan fingerprint density at radius 2 is 2.11 bits per heavy atom. The summed E-state index contributed by atoms with van der Waals surface area (Å²) >= 11 is 0. The number of hydrogen-bond acceptors (Lipinski definition) is 3. The maximum atomic E-state index is 5.58. The molecule has 1 atom stereocenters. The molecule has 1 aromatic carbocycles. The topological polar surface area (TPSA) is 47.3 Å². The van der Waals surface area contributed by atoms with Crippen LogP contribution >= 0.6 is 0 Å². The fourth-order valence-electron chi connectivity index (χ4n) is 2.13. The van der Waals surface area contributed by atoms with E-state index in [9.17, 15) is 0 Å². The zero-order valence-corrected chi connectivity index (χ0v) is 11.6. The first kappa shape index (κ1) is 15.0. The second kappa shape index (κ2) is 8.95. The Balaban J connectivity index is 2.66. The third kappa shape index (κ3) is 5.07. The molecule has 0 aliphatic heterocycles. The molecule has 1 unspecified atom stereocenters. The number of nitrogens with two attached hydrogens (primary N) is 1. The summed E-state index contributed by atoms with van der Waals surface area (Å²) in [4.78, 5) is 0. The highest BCUT2D eigenvalue weighted by Crippen LogP contribution is 2.19. The van der Waals surface area contributed by atoms with E-state index in [2.05, 4.69) is 36.5 Å². The van der Waals surface area contributed by atoms with Gasteiger partial charge in [0.15, 0.2) is 0 Å². The van der Waals surface area contributed by atoms with Gasteiger partial charge in [0.1, 0.15) is 0 Å². The van der Waals surface area contributed by atoms with Crippen LogP contribution in [-0.4, -0.2) is 26.3 Å². The molecule has 0 spiro atoms. The standard InChI is InChI=1S/C15H26N2O/c1-3-7-13-8-4-5-10-15(13)17-14(12-18-2)9-6-11-16/h4-5,8,10,14,17H,3,6-7,9,11-12,16H2,1-2H3. The number of nitrogens with one attached hydrogen (secondary N) is 1. The monoisotopic (exact) mass is 250 g/mol. The molecule has 0 amide bonds. The van der Waals surface area contributed by atoms with Gasteiger partial charge >= 0.3 is 0 Å². The molecule has 0 fully saturated rings. The maximum absolute atomic E-state index is 5.58. The van der Waals surface area contributed by atoms with E-state index in [-0.39, 0.29) is 0 Å². The minimum atomic E-state index is 0.344. The van der Waals surface area contributed by atoms with Crippen molar-refractivity contribution in [2.45, 2.75) is 38.6 Å². The minimum Gasteiger partial charge on any atom is -0.383 e. The van der Waals surface area contributed by atoms with Crippen molar-refractivity contribution >= 4 is 5.69 Å². The van der Waals surface area contributed by atoms with E-state index in [0.717, 1.165) is 38.8 Å². The summed E-state index contributed by atoms with van der Waals surface area (Å²) in [6, 6.07) is 8.86. The highest BCUT2D eigenvalue weighted by molar-refractivity contribution is 5.51. The first-order valence-electron chi connectivity index (χ1n) is 6.85. The average molecular weight is 250 g/mol. The average Bonchev–Trinajstić information content (AvgIpc) is 2.39. The second-order valence-corrected chi connectivity index (χ2v) is 4.63. The van der Waals surface area contributed by atoms with Gasteiger partial charge in [-0.15, -0.1) is 0 Å². The SMILES string of the molecule is CCCc1ccccc1NC(CCCN)COC. The molecule has 18 heavy (non-hydrogen) atoms. The van der Waals surface area contributed by atoms with Crippen LogP contribution in [0.2, 0.25) is 0 Å². The quantitative estimate of drug-likeness (QED) is 0.708. The largest absolute Gasteiger partial charge is 0.383 e. The van der Waals surface area contributed by atoms with Crippen molar-refractivity contribution in [3.8, 4) is 0 Å². The Bertz CT molecular complexity index is 328. The number of anilines is 1. The molecular formula is C15H26N2O. The highest BCUT2D eigenvalue weighted by Gasteiger charge is 2.09. The molecule has 102 valence electrons. The van der Waals surface area contributed by atoms with E-state index in [1.165, 1.54) is 11.3 Å². The number of hydrogen-bond donors (Lipinski definition) is 2. The first-order chi connectivity index (χ1) is 8.81. The number of para-hydroxylation sites is 1. The Labute approximate surface area is 111 Å². The van der Waals surface area contributed by atoms with Crippen LogP contribution in [0, 0.1) is 0 Å². The van der Waals surface area contributed by atoms with Crippen LogP contribution in [-0.2, 0) is 11.2 Å². The Morgan fingerprint density at radius 1 is 1.33 bits per heavy atom. The second-order valence-electron chi connectivity index (χ2n) is 4.63. The van der Waals surface area contributed by atoms with Crippen LogP contribution in [0.5, 0.6) is 0 Å². The summed E-state index contributed by atoms with van der Waals surface area (Å²) in [5.74, 6) is 0. The van der Waals surface area contributed by atoms with Crippen LogP contribution in [0.3, 0.4) is 0 Å². The van der Waals surface area contributed by atoms with Crippen molar-refractivity contribution in [3.05, 3.63) is 29.8 Å². The van der Waals surface area contributed by atoms with E-state index >= 15 is 0 Å². The van der Waals surface area contributed by atoms with Gasteiger partial charge in [-0.05, 0) is 37.4 Å². The molecular weight excluding hydrogens is 224 g/mol. The van der Waals surface area contributed by atoms with Gasteiger partial charge in [-0.3, -0.25) is 0 Å². The zero-order chi connectivity index (χ0) is 13.2. The Kier molecular flexibility index (Phi) is 7.46. The number of benzene rings is 1. The normalized spacial score (nSPS) is 12.4. The molecule has 1 rings (SSSR count). The molecule has 0 heterocycles. The Morgan fingerprint density at radius 3 is 2.78 bits per heavy atom. The predicted molar refractivity (Wildman–Crippen MR) is 78.0 cm³/mol. The fourth-order valence-corrected chi connectivity index (χ4v) is 2.13. The summed E-state index contributed by atoms with van der Waals surface area (Å²) in [5.41, 5.74) is 8.19. The van der Waals surface area contributed by atoms with E-state index in [1.54, 1.807) is 7.11 Å². The van der Waals surface area contributed by atoms with Crippen LogP contribution in [0.25, 0.3) is 0 Å². The van der Waals surface area contributed by atoms with Crippen LogP contribution in [0.4, 0.5) is 5.69 Å². The number of methoxy groups -OCH3 is 1. The van der Waals surface area contributed by atoms with Gasteiger partial charge in [-0.25, -0.2) is 0 Å². The van der Waals surface area contributed by atoms with Gasteiger partial charge in [-0.1, -0.05) is 31.5 Å². The summed E-state index contributed by atoms with van der Waals surface area (Å²) < 4.78 is 5.27. The summed E-state index contributed by atoms with van der Waals surface area (Å²) in [6.45, 7) is 3.66. The van der Waals surface area contributed by atoms with Gasteiger partial charge in [0.2, 0.25) is 0 Å². The summed E-state index contributed by atoms with van der Waals surface area (Å²) in [5, 5.41) is 3.59. The summed E-state index contributed by atoms with van der Waals surface area (Å²) in [7, 11) is 1.75. The molecule has 0 aliphatic carbocycles.